The first kappa shape index (κ1) is 24.4. The average molecular weight is 485 g/mol. The van der Waals surface area contributed by atoms with E-state index in [-0.39, 0.29) is 11.6 Å². The second-order valence-electron chi connectivity index (χ2n) is 10.2. The van der Waals surface area contributed by atoms with Crippen molar-refractivity contribution in [2.75, 3.05) is 0 Å². The molecular formula is C29H36N6O. The minimum atomic E-state index is -0.0315. The van der Waals surface area contributed by atoms with E-state index in [1.165, 1.54) is 24.8 Å². The standard InChI is InChI=1S/C29H36N6O/c1-4-26(28-31-32-33-35(28)24-13-9-6-10-14-24)34(18-22-11-7-5-8-12-22)19-23-17-25-20(2)15-16-21(3)27(25)30-29(23)36/h5,7-8,11-12,15-17,24,26H,4,6,9-10,13-14,18-19H2,1-3H3,(H,30,36)/t26-/m0/s1. The summed E-state index contributed by atoms with van der Waals surface area (Å²) in [7, 11) is 0. The van der Waals surface area contributed by atoms with E-state index in [1.807, 2.05) is 13.0 Å². The van der Waals surface area contributed by atoms with Crippen LogP contribution >= 0.6 is 0 Å². The number of benzene rings is 2. The van der Waals surface area contributed by atoms with Gasteiger partial charge >= 0.3 is 0 Å². The molecule has 7 nitrogen and oxygen atoms in total. The Labute approximate surface area is 212 Å². The number of aryl methyl sites for hydroxylation is 2. The van der Waals surface area contributed by atoms with E-state index in [1.54, 1.807) is 0 Å². The lowest BCUT2D eigenvalue weighted by atomic mass is 9.95. The van der Waals surface area contributed by atoms with Crippen molar-refractivity contribution in [3.05, 3.63) is 87.0 Å². The Bertz CT molecular complexity index is 1370. The second-order valence-corrected chi connectivity index (χ2v) is 10.2. The smallest absolute Gasteiger partial charge is 0.252 e. The maximum atomic E-state index is 13.3. The molecule has 36 heavy (non-hydrogen) atoms. The van der Waals surface area contributed by atoms with Crippen molar-refractivity contribution in [1.29, 1.82) is 0 Å². The third kappa shape index (κ3) is 4.98. The Hall–Kier alpha value is -3.32. The fraction of sp³-hybridized carbons (Fsp3) is 0.448. The summed E-state index contributed by atoms with van der Waals surface area (Å²) in [5, 5.41) is 14.2. The molecule has 1 fully saturated rings. The van der Waals surface area contributed by atoms with Crippen LogP contribution in [0.5, 0.6) is 0 Å². The Morgan fingerprint density at radius 3 is 2.53 bits per heavy atom. The first-order valence-electron chi connectivity index (χ1n) is 13.2. The second kappa shape index (κ2) is 10.7. The number of aromatic amines is 1. The molecule has 0 unspecified atom stereocenters. The van der Waals surface area contributed by atoms with Crippen molar-refractivity contribution in [2.24, 2.45) is 0 Å². The Balaban J connectivity index is 1.54. The van der Waals surface area contributed by atoms with Gasteiger partial charge in [0.15, 0.2) is 5.82 Å². The third-order valence-corrected chi connectivity index (χ3v) is 7.69. The molecule has 5 rings (SSSR count). The van der Waals surface area contributed by atoms with Gasteiger partial charge in [0.2, 0.25) is 0 Å². The number of H-pyrrole nitrogens is 1. The molecule has 4 aromatic rings. The molecule has 2 aromatic carbocycles. The third-order valence-electron chi connectivity index (χ3n) is 7.69. The van der Waals surface area contributed by atoms with E-state index in [0.717, 1.165) is 52.7 Å². The zero-order valence-electron chi connectivity index (χ0n) is 21.6. The number of rotatable bonds is 8. The van der Waals surface area contributed by atoms with Crippen molar-refractivity contribution in [1.82, 2.24) is 30.1 Å². The van der Waals surface area contributed by atoms with Gasteiger partial charge in [-0.3, -0.25) is 9.69 Å². The van der Waals surface area contributed by atoms with Crippen molar-refractivity contribution >= 4 is 10.9 Å². The van der Waals surface area contributed by atoms with Crippen molar-refractivity contribution in [3.63, 3.8) is 0 Å². The van der Waals surface area contributed by atoms with Gasteiger partial charge in [-0.1, -0.05) is 68.7 Å². The van der Waals surface area contributed by atoms with Gasteiger partial charge in [-0.15, -0.1) is 5.10 Å². The van der Waals surface area contributed by atoms with E-state index in [9.17, 15) is 4.79 Å². The molecule has 2 heterocycles. The average Bonchev–Trinajstić information content (AvgIpc) is 3.38. The highest BCUT2D eigenvalue weighted by Crippen LogP contribution is 2.33. The van der Waals surface area contributed by atoms with Gasteiger partial charge in [0, 0.05) is 24.0 Å². The number of hydrogen-bond donors (Lipinski definition) is 1. The summed E-state index contributed by atoms with van der Waals surface area (Å²) in [4.78, 5) is 18.8. The monoisotopic (exact) mass is 484 g/mol. The van der Waals surface area contributed by atoms with E-state index in [0.29, 0.717) is 19.1 Å². The van der Waals surface area contributed by atoms with Crippen molar-refractivity contribution in [3.8, 4) is 0 Å². The molecule has 0 aliphatic heterocycles. The van der Waals surface area contributed by atoms with E-state index >= 15 is 0 Å². The lowest BCUT2D eigenvalue weighted by molar-refractivity contribution is 0.155. The van der Waals surface area contributed by atoms with Crippen LogP contribution in [0.15, 0.2) is 53.3 Å². The van der Waals surface area contributed by atoms with Crippen LogP contribution in [-0.2, 0) is 13.1 Å². The molecule has 0 bridgehead atoms. The maximum absolute atomic E-state index is 13.3. The summed E-state index contributed by atoms with van der Waals surface area (Å²) in [5.74, 6) is 0.907. The molecule has 0 amide bonds. The van der Waals surface area contributed by atoms with Gasteiger partial charge in [0.05, 0.1) is 17.6 Å². The van der Waals surface area contributed by atoms with Crippen LogP contribution in [-0.4, -0.2) is 30.1 Å². The summed E-state index contributed by atoms with van der Waals surface area (Å²) < 4.78 is 2.07. The summed E-state index contributed by atoms with van der Waals surface area (Å²) in [6.45, 7) is 7.54. The fourth-order valence-electron chi connectivity index (χ4n) is 5.66. The van der Waals surface area contributed by atoms with Gasteiger partial charge in [0.1, 0.15) is 0 Å². The number of fused-ring (bicyclic) bond motifs is 1. The molecular weight excluding hydrogens is 448 g/mol. The Kier molecular flexibility index (Phi) is 7.28. The summed E-state index contributed by atoms with van der Waals surface area (Å²) in [6.07, 6.45) is 6.82. The summed E-state index contributed by atoms with van der Waals surface area (Å²) in [6, 6.07) is 17.1. The molecule has 0 spiro atoms. The predicted molar refractivity (Wildman–Crippen MR) is 143 cm³/mol. The molecule has 1 atom stereocenters. The molecule has 1 aliphatic carbocycles. The minimum absolute atomic E-state index is 0.00386. The lowest BCUT2D eigenvalue weighted by Gasteiger charge is -2.32. The number of pyridine rings is 1. The highest BCUT2D eigenvalue weighted by atomic mass is 16.1. The minimum Gasteiger partial charge on any atom is -0.321 e. The molecule has 0 radical (unpaired) electrons. The van der Waals surface area contributed by atoms with Gasteiger partial charge in [-0.25, -0.2) is 4.68 Å². The zero-order valence-corrected chi connectivity index (χ0v) is 21.6. The number of aromatic nitrogens is 5. The molecule has 1 N–H and O–H groups in total. The first-order chi connectivity index (χ1) is 17.5. The SMILES string of the molecule is CC[C@@H](c1nnnn1C1CCCCC1)N(Cc1ccccc1)Cc1cc2c(C)ccc(C)c2[nH]c1=O. The van der Waals surface area contributed by atoms with Crippen molar-refractivity contribution in [2.45, 2.75) is 84.5 Å². The maximum Gasteiger partial charge on any atom is 0.252 e. The van der Waals surface area contributed by atoms with Crippen LogP contribution in [0.25, 0.3) is 10.9 Å². The molecule has 188 valence electrons. The largest absolute Gasteiger partial charge is 0.321 e. The van der Waals surface area contributed by atoms with Gasteiger partial charge in [-0.2, -0.15) is 0 Å². The predicted octanol–water partition coefficient (Wildman–Crippen LogP) is 5.79. The fourth-order valence-corrected chi connectivity index (χ4v) is 5.66. The number of tetrazole rings is 1. The normalized spacial score (nSPS) is 15.6. The van der Waals surface area contributed by atoms with Crippen LogP contribution in [0.2, 0.25) is 0 Å². The Morgan fingerprint density at radius 2 is 1.78 bits per heavy atom. The Morgan fingerprint density at radius 1 is 1.03 bits per heavy atom. The quantitative estimate of drug-likeness (QED) is 0.342. The molecule has 0 saturated heterocycles. The van der Waals surface area contributed by atoms with E-state index < -0.39 is 0 Å². The lowest BCUT2D eigenvalue weighted by Crippen LogP contribution is -2.33. The molecule has 7 heteroatoms. The zero-order chi connectivity index (χ0) is 25.1. The van der Waals surface area contributed by atoms with Gasteiger partial charge in [-0.05, 0) is 66.3 Å². The number of nitrogens with one attached hydrogen (secondary N) is 1. The van der Waals surface area contributed by atoms with Crippen LogP contribution < -0.4 is 5.56 Å². The molecule has 2 aromatic heterocycles. The number of hydrogen-bond acceptors (Lipinski definition) is 5. The van der Waals surface area contributed by atoms with Crippen LogP contribution in [0.1, 0.15) is 85.6 Å². The highest BCUT2D eigenvalue weighted by molar-refractivity contribution is 5.85. The molecule has 1 aliphatic rings. The molecule has 1 saturated carbocycles. The van der Waals surface area contributed by atoms with Gasteiger partial charge < -0.3 is 4.98 Å². The highest BCUT2D eigenvalue weighted by Gasteiger charge is 2.29. The van der Waals surface area contributed by atoms with E-state index in [2.05, 4.69) is 86.4 Å². The first-order valence-corrected chi connectivity index (χ1v) is 13.2. The van der Waals surface area contributed by atoms with E-state index in [4.69, 9.17) is 0 Å². The van der Waals surface area contributed by atoms with Crippen LogP contribution in [0.4, 0.5) is 0 Å². The van der Waals surface area contributed by atoms with Crippen LogP contribution in [0, 0.1) is 13.8 Å². The summed E-state index contributed by atoms with van der Waals surface area (Å²) >= 11 is 0. The topological polar surface area (TPSA) is 79.7 Å². The van der Waals surface area contributed by atoms with Gasteiger partial charge in [0.25, 0.3) is 5.56 Å². The van der Waals surface area contributed by atoms with Crippen LogP contribution in [0.3, 0.4) is 0 Å². The van der Waals surface area contributed by atoms with Crippen molar-refractivity contribution < 1.29 is 0 Å². The summed E-state index contributed by atoms with van der Waals surface area (Å²) in [5.41, 5.74) is 5.11. The number of nitrogens with zero attached hydrogens (tertiary/aromatic N) is 5.